The SMILES string of the molecule is Cl.NCc1cccc(CC(C(=O)Nc2ccc(N3CCCCC3=O)cc2)c2ccccc2F)c1. The Hall–Kier alpha value is -3.22. The number of amides is 2. The first kappa shape index (κ1) is 25.4. The highest BCUT2D eigenvalue weighted by atomic mass is 35.5. The summed E-state index contributed by atoms with van der Waals surface area (Å²) in [4.78, 5) is 27.2. The second-order valence-corrected chi connectivity index (χ2v) is 8.34. The number of benzene rings is 3. The van der Waals surface area contributed by atoms with E-state index < -0.39 is 11.7 Å². The van der Waals surface area contributed by atoms with Crippen molar-refractivity contribution in [3.05, 3.63) is 95.3 Å². The minimum absolute atomic E-state index is 0. The van der Waals surface area contributed by atoms with Crippen LogP contribution < -0.4 is 16.0 Å². The van der Waals surface area contributed by atoms with Crippen LogP contribution in [0.2, 0.25) is 0 Å². The molecule has 4 rings (SSSR count). The van der Waals surface area contributed by atoms with Crippen LogP contribution in [0.1, 0.15) is 41.9 Å². The molecular formula is C27H29ClFN3O2. The highest BCUT2D eigenvalue weighted by Crippen LogP contribution is 2.27. The number of carbonyl (C=O) groups is 2. The molecule has 5 nitrogen and oxygen atoms in total. The molecule has 1 fully saturated rings. The molecule has 0 saturated carbocycles. The van der Waals surface area contributed by atoms with E-state index in [0.717, 1.165) is 29.7 Å². The molecule has 0 aromatic heterocycles. The van der Waals surface area contributed by atoms with Gasteiger partial charge >= 0.3 is 0 Å². The fraction of sp³-hybridized carbons (Fsp3) is 0.259. The summed E-state index contributed by atoms with van der Waals surface area (Å²) in [6.07, 6.45) is 2.82. The normalized spacial score (nSPS) is 14.3. The first-order valence-corrected chi connectivity index (χ1v) is 11.3. The summed E-state index contributed by atoms with van der Waals surface area (Å²) < 4.78 is 14.6. The monoisotopic (exact) mass is 481 g/mol. The van der Waals surface area contributed by atoms with Crippen molar-refractivity contribution in [2.75, 3.05) is 16.8 Å². The van der Waals surface area contributed by atoms with Crippen molar-refractivity contribution in [2.24, 2.45) is 5.73 Å². The number of hydrogen-bond donors (Lipinski definition) is 2. The molecule has 3 N–H and O–H groups in total. The molecule has 1 aliphatic heterocycles. The van der Waals surface area contributed by atoms with Crippen LogP contribution in [0.25, 0.3) is 0 Å². The smallest absolute Gasteiger partial charge is 0.232 e. The van der Waals surface area contributed by atoms with Gasteiger partial charge in [-0.05, 0) is 60.7 Å². The van der Waals surface area contributed by atoms with E-state index >= 15 is 0 Å². The number of nitrogens with zero attached hydrogens (tertiary/aromatic N) is 1. The van der Waals surface area contributed by atoms with Gasteiger partial charge in [0.2, 0.25) is 11.8 Å². The molecule has 0 radical (unpaired) electrons. The highest BCUT2D eigenvalue weighted by Gasteiger charge is 2.25. The predicted octanol–water partition coefficient (Wildman–Crippen LogP) is 5.19. The fourth-order valence-electron chi connectivity index (χ4n) is 4.25. The Balaban J connectivity index is 0.00000324. The van der Waals surface area contributed by atoms with Crippen molar-refractivity contribution in [3.8, 4) is 0 Å². The second kappa shape index (κ2) is 11.8. The lowest BCUT2D eigenvalue weighted by atomic mass is 9.90. The van der Waals surface area contributed by atoms with Crippen LogP contribution in [0.3, 0.4) is 0 Å². The molecule has 0 spiro atoms. The van der Waals surface area contributed by atoms with Gasteiger partial charge in [-0.2, -0.15) is 0 Å². The lowest BCUT2D eigenvalue weighted by Crippen LogP contribution is -2.35. The van der Waals surface area contributed by atoms with E-state index in [9.17, 15) is 14.0 Å². The lowest BCUT2D eigenvalue weighted by molar-refractivity contribution is -0.119. The first-order chi connectivity index (χ1) is 16.0. The highest BCUT2D eigenvalue weighted by molar-refractivity contribution is 5.97. The molecule has 0 aliphatic carbocycles. The van der Waals surface area contributed by atoms with E-state index in [2.05, 4.69) is 5.32 Å². The molecule has 1 atom stereocenters. The predicted molar refractivity (Wildman–Crippen MR) is 136 cm³/mol. The van der Waals surface area contributed by atoms with Crippen LogP contribution in [-0.2, 0) is 22.6 Å². The molecule has 3 aromatic carbocycles. The zero-order valence-electron chi connectivity index (χ0n) is 18.9. The van der Waals surface area contributed by atoms with Crippen LogP contribution >= 0.6 is 12.4 Å². The van der Waals surface area contributed by atoms with Crippen molar-refractivity contribution in [1.82, 2.24) is 0 Å². The molecule has 1 saturated heterocycles. The lowest BCUT2D eigenvalue weighted by Gasteiger charge is -2.27. The molecule has 34 heavy (non-hydrogen) atoms. The maximum Gasteiger partial charge on any atom is 0.232 e. The molecule has 1 unspecified atom stereocenters. The number of carbonyl (C=O) groups excluding carboxylic acids is 2. The van der Waals surface area contributed by atoms with Gasteiger partial charge in [-0.15, -0.1) is 12.4 Å². The van der Waals surface area contributed by atoms with E-state index in [-0.39, 0.29) is 24.2 Å². The molecule has 178 valence electrons. The van der Waals surface area contributed by atoms with Crippen molar-refractivity contribution >= 4 is 35.6 Å². The maximum absolute atomic E-state index is 14.6. The Morgan fingerprint density at radius 1 is 1.00 bits per heavy atom. The molecule has 2 amide bonds. The zero-order chi connectivity index (χ0) is 23.2. The average Bonchev–Trinajstić information content (AvgIpc) is 2.84. The van der Waals surface area contributed by atoms with Crippen molar-refractivity contribution in [3.63, 3.8) is 0 Å². The number of nitrogens with two attached hydrogens (primary N) is 1. The maximum atomic E-state index is 14.6. The van der Waals surface area contributed by atoms with Gasteiger partial charge in [0.25, 0.3) is 0 Å². The molecule has 0 bridgehead atoms. The minimum Gasteiger partial charge on any atom is -0.326 e. The molecule has 7 heteroatoms. The van der Waals surface area contributed by atoms with Gasteiger partial charge in [-0.25, -0.2) is 4.39 Å². The van der Waals surface area contributed by atoms with Crippen LogP contribution in [0, 0.1) is 5.82 Å². The summed E-state index contributed by atoms with van der Waals surface area (Å²) in [6.45, 7) is 1.11. The summed E-state index contributed by atoms with van der Waals surface area (Å²) in [5.74, 6) is -1.29. The quantitative estimate of drug-likeness (QED) is 0.487. The van der Waals surface area contributed by atoms with Crippen LogP contribution in [0.15, 0.2) is 72.8 Å². The summed E-state index contributed by atoms with van der Waals surface area (Å²) in [5.41, 5.74) is 9.41. The van der Waals surface area contributed by atoms with Gasteiger partial charge in [0.15, 0.2) is 0 Å². The second-order valence-electron chi connectivity index (χ2n) is 8.34. The number of nitrogens with one attached hydrogen (secondary N) is 1. The van der Waals surface area contributed by atoms with E-state index in [4.69, 9.17) is 5.73 Å². The van der Waals surface area contributed by atoms with Crippen LogP contribution in [0.4, 0.5) is 15.8 Å². The molecular weight excluding hydrogens is 453 g/mol. The van der Waals surface area contributed by atoms with Crippen molar-refractivity contribution in [2.45, 2.75) is 38.1 Å². The summed E-state index contributed by atoms with van der Waals surface area (Å²) in [7, 11) is 0. The van der Waals surface area contributed by atoms with E-state index in [1.54, 1.807) is 35.2 Å². The molecule has 3 aromatic rings. The Bertz CT molecular complexity index is 1140. The number of rotatable bonds is 7. The standard InChI is InChI=1S/C27H28FN3O2.ClH/c28-25-9-2-1-8-23(25)24(17-19-6-5-7-20(16-19)18-29)27(33)30-21-11-13-22(14-12-21)31-15-4-3-10-26(31)32;/h1-2,5-9,11-14,16,24H,3-4,10,15,17-18,29H2,(H,30,33);1H. The third-order valence-corrected chi connectivity index (χ3v) is 6.03. The minimum atomic E-state index is -0.706. The summed E-state index contributed by atoms with van der Waals surface area (Å²) in [5, 5.41) is 2.92. The third kappa shape index (κ3) is 6.01. The van der Waals surface area contributed by atoms with Crippen molar-refractivity contribution < 1.29 is 14.0 Å². The number of halogens is 2. The zero-order valence-corrected chi connectivity index (χ0v) is 19.7. The third-order valence-electron chi connectivity index (χ3n) is 6.03. The van der Waals surface area contributed by atoms with Crippen molar-refractivity contribution in [1.29, 1.82) is 0 Å². The van der Waals surface area contributed by atoms with Gasteiger partial charge in [0.05, 0.1) is 5.92 Å². The van der Waals surface area contributed by atoms with Crippen LogP contribution in [-0.4, -0.2) is 18.4 Å². The Kier molecular flexibility index (Phi) is 8.79. The first-order valence-electron chi connectivity index (χ1n) is 11.3. The van der Waals surface area contributed by atoms with Gasteiger partial charge in [-0.3, -0.25) is 9.59 Å². The molecule has 1 heterocycles. The number of piperidine rings is 1. The van der Waals surface area contributed by atoms with Crippen LogP contribution in [0.5, 0.6) is 0 Å². The van der Waals surface area contributed by atoms with E-state index in [1.165, 1.54) is 6.07 Å². The largest absolute Gasteiger partial charge is 0.326 e. The Labute approximate surface area is 205 Å². The van der Waals surface area contributed by atoms with Gasteiger partial charge in [0.1, 0.15) is 5.82 Å². The van der Waals surface area contributed by atoms with Gasteiger partial charge in [0, 0.05) is 36.4 Å². The number of anilines is 2. The van der Waals surface area contributed by atoms with Gasteiger partial charge in [-0.1, -0.05) is 42.5 Å². The van der Waals surface area contributed by atoms with E-state index in [0.29, 0.717) is 37.2 Å². The summed E-state index contributed by atoms with van der Waals surface area (Å²) >= 11 is 0. The fourth-order valence-corrected chi connectivity index (χ4v) is 4.25. The van der Waals surface area contributed by atoms with E-state index in [1.807, 2.05) is 36.4 Å². The summed E-state index contributed by atoms with van der Waals surface area (Å²) in [6, 6.07) is 21.3. The Morgan fingerprint density at radius 3 is 2.44 bits per heavy atom. The molecule has 1 aliphatic rings. The topological polar surface area (TPSA) is 75.4 Å². The van der Waals surface area contributed by atoms with Gasteiger partial charge < -0.3 is 16.0 Å². The number of hydrogen-bond acceptors (Lipinski definition) is 3. The average molecular weight is 482 g/mol. The Morgan fingerprint density at radius 2 is 1.74 bits per heavy atom.